The summed E-state index contributed by atoms with van der Waals surface area (Å²) in [5, 5.41) is 3.15. The van der Waals surface area contributed by atoms with E-state index in [-0.39, 0.29) is 17.7 Å². The van der Waals surface area contributed by atoms with Gasteiger partial charge >= 0.3 is 0 Å². The third kappa shape index (κ3) is 4.06. The van der Waals surface area contributed by atoms with Gasteiger partial charge in [0, 0.05) is 47.9 Å². The summed E-state index contributed by atoms with van der Waals surface area (Å²) >= 11 is 0. The molecule has 6 nitrogen and oxygen atoms in total. The van der Waals surface area contributed by atoms with Gasteiger partial charge in [-0.2, -0.15) is 0 Å². The van der Waals surface area contributed by atoms with E-state index in [1.807, 2.05) is 18.7 Å². The first-order valence-electron chi connectivity index (χ1n) is 10.9. The van der Waals surface area contributed by atoms with Crippen molar-refractivity contribution in [3.8, 4) is 0 Å². The third-order valence-electron chi connectivity index (χ3n) is 6.82. The molecule has 2 saturated carbocycles. The highest BCUT2D eigenvalue weighted by atomic mass is 16.2. The number of hydrogen-bond acceptors (Lipinski definition) is 4. The number of aryl methyl sites for hydroxylation is 2. The Balaban J connectivity index is 1.39. The molecule has 0 aromatic carbocycles. The quantitative estimate of drug-likeness (QED) is 0.847. The van der Waals surface area contributed by atoms with Crippen LogP contribution in [0, 0.1) is 19.8 Å². The zero-order valence-corrected chi connectivity index (χ0v) is 17.2. The number of carbonyl (C=O) groups is 2. The maximum absolute atomic E-state index is 12.5. The van der Waals surface area contributed by atoms with E-state index in [9.17, 15) is 9.59 Å². The molecule has 1 aliphatic heterocycles. The average Bonchev–Trinajstić information content (AvgIpc) is 3.28. The topological polar surface area (TPSA) is 75.2 Å². The molecule has 1 atom stereocenters. The van der Waals surface area contributed by atoms with E-state index >= 15 is 0 Å². The van der Waals surface area contributed by atoms with Crippen LogP contribution in [0.1, 0.15) is 80.1 Å². The molecule has 0 spiro atoms. The van der Waals surface area contributed by atoms with E-state index in [4.69, 9.17) is 9.97 Å². The number of carbonyl (C=O) groups excluding carboxylic acids is 2. The van der Waals surface area contributed by atoms with Crippen molar-refractivity contribution in [3.05, 3.63) is 22.8 Å². The fraction of sp³-hybridized carbons (Fsp3) is 0.727. The Morgan fingerprint density at radius 3 is 2.29 bits per heavy atom. The normalized spacial score (nSPS) is 23.1. The Morgan fingerprint density at radius 1 is 1.00 bits per heavy atom. The summed E-state index contributed by atoms with van der Waals surface area (Å²) in [4.78, 5) is 36.4. The molecule has 1 unspecified atom stereocenters. The lowest BCUT2D eigenvalue weighted by Gasteiger charge is -2.29. The first kappa shape index (κ1) is 19.3. The summed E-state index contributed by atoms with van der Waals surface area (Å²) in [6.45, 7) is 5.49. The van der Waals surface area contributed by atoms with Gasteiger partial charge in [-0.1, -0.05) is 19.3 Å². The molecule has 0 radical (unpaired) electrons. The minimum atomic E-state index is 0.0765. The SMILES string of the molecule is Cc1nc(C2CCN(C(=O)C3CCC3)C2)nc(C)c1CC(=O)NC1CCCC1. The van der Waals surface area contributed by atoms with Crippen molar-refractivity contribution in [2.75, 3.05) is 13.1 Å². The second-order valence-corrected chi connectivity index (χ2v) is 8.85. The van der Waals surface area contributed by atoms with Gasteiger partial charge in [-0.3, -0.25) is 9.59 Å². The minimum absolute atomic E-state index is 0.0765. The van der Waals surface area contributed by atoms with Crippen molar-refractivity contribution in [1.82, 2.24) is 20.2 Å². The van der Waals surface area contributed by atoms with Crippen molar-refractivity contribution in [1.29, 1.82) is 0 Å². The van der Waals surface area contributed by atoms with E-state index in [0.717, 1.165) is 68.0 Å². The summed E-state index contributed by atoms with van der Waals surface area (Å²) < 4.78 is 0. The summed E-state index contributed by atoms with van der Waals surface area (Å²) in [5.74, 6) is 1.69. The number of aromatic nitrogens is 2. The zero-order chi connectivity index (χ0) is 19.7. The van der Waals surface area contributed by atoms with Gasteiger partial charge in [0.2, 0.25) is 11.8 Å². The Bertz CT molecular complexity index is 730. The van der Waals surface area contributed by atoms with Crippen LogP contribution in [0.25, 0.3) is 0 Å². The highest BCUT2D eigenvalue weighted by Gasteiger charge is 2.35. The van der Waals surface area contributed by atoms with Gasteiger partial charge in [0.05, 0.1) is 6.42 Å². The molecule has 3 fully saturated rings. The molecule has 6 heteroatoms. The smallest absolute Gasteiger partial charge is 0.225 e. The highest BCUT2D eigenvalue weighted by Crippen LogP contribution is 2.32. The fourth-order valence-electron chi connectivity index (χ4n) is 4.80. The van der Waals surface area contributed by atoms with Crippen LogP contribution in [0.15, 0.2) is 0 Å². The third-order valence-corrected chi connectivity index (χ3v) is 6.82. The van der Waals surface area contributed by atoms with E-state index in [1.54, 1.807) is 0 Å². The van der Waals surface area contributed by atoms with Crippen molar-refractivity contribution in [3.63, 3.8) is 0 Å². The number of amides is 2. The molecular formula is C22H32N4O2. The molecule has 1 N–H and O–H groups in total. The number of likely N-dealkylation sites (tertiary alicyclic amines) is 1. The monoisotopic (exact) mass is 384 g/mol. The molecule has 0 bridgehead atoms. The van der Waals surface area contributed by atoms with Crippen molar-refractivity contribution >= 4 is 11.8 Å². The Hall–Kier alpha value is -1.98. The second kappa shape index (κ2) is 8.18. The number of hydrogen-bond donors (Lipinski definition) is 1. The van der Waals surface area contributed by atoms with Crippen LogP contribution in [0.3, 0.4) is 0 Å². The van der Waals surface area contributed by atoms with Crippen molar-refractivity contribution in [2.45, 2.75) is 83.6 Å². The average molecular weight is 385 g/mol. The van der Waals surface area contributed by atoms with Gasteiger partial charge in [-0.15, -0.1) is 0 Å². The van der Waals surface area contributed by atoms with Crippen LogP contribution in [0.2, 0.25) is 0 Å². The van der Waals surface area contributed by atoms with E-state index in [1.165, 1.54) is 19.3 Å². The largest absolute Gasteiger partial charge is 0.353 e. The molecule has 1 aromatic heterocycles. The van der Waals surface area contributed by atoms with Gasteiger partial charge < -0.3 is 10.2 Å². The van der Waals surface area contributed by atoms with Gasteiger partial charge in [0.1, 0.15) is 5.82 Å². The van der Waals surface area contributed by atoms with Crippen LogP contribution in [-0.4, -0.2) is 45.8 Å². The first-order chi connectivity index (χ1) is 13.5. The van der Waals surface area contributed by atoms with Crippen LogP contribution in [-0.2, 0) is 16.0 Å². The molecule has 1 saturated heterocycles. The van der Waals surface area contributed by atoms with Crippen molar-refractivity contribution in [2.24, 2.45) is 5.92 Å². The molecule has 28 heavy (non-hydrogen) atoms. The highest BCUT2D eigenvalue weighted by molar-refractivity contribution is 5.80. The van der Waals surface area contributed by atoms with E-state index in [2.05, 4.69) is 5.32 Å². The second-order valence-electron chi connectivity index (χ2n) is 8.85. The number of nitrogens with one attached hydrogen (secondary N) is 1. The summed E-state index contributed by atoms with van der Waals surface area (Å²) in [5.41, 5.74) is 2.74. The Labute approximate surface area is 167 Å². The van der Waals surface area contributed by atoms with Crippen LogP contribution >= 0.6 is 0 Å². The standard InChI is InChI=1S/C22H32N4O2/c1-14-19(12-20(27)25-18-8-3-4-9-18)15(2)24-21(23-14)17-10-11-26(13-17)22(28)16-6-5-7-16/h16-18H,3-13H2,1-2H3,(H,25,27). The molecule has 3 aliphatic rings. The maximum atomic E-state index is 12.5. The molecule has 2 amide bonds. The molecule has 152 valence electrons. The number of nitrogens with zero attached hydrogens (tertiary/aromatic N) is 3. The van der Waals surface area contributed by atoms with Crippen LogP contribution in [0.5, 0.6) is 0 Å². The lowest BCUT2D eigenvalue weighted by molar-refractivity contribution is -0.137. The van der Waals surface area contributed by atoms with E-state index in [0.29, 0.717) is 18.4 Å². The molecule has 2 heterocycles. The summed E-state index contributed by atoms with van der Waals surface area (Å²) in [6.07, 6.45) is 9.17. The molecule has 1 aromatic rings. The summed E-state index contributed by atoms with van der Waals surface area (Å²) in [6, 6.07) is 0.339. The Kier molecular flexibility index (Phi) is 5.65. The number of rotatable bonds is 5. The molecule has 2 aliphatic carbocycles. The molecular weight excluding hydrogens is 352 g/mol. The van der Waals surface area contributed by atoms with Crippen molar-refractivity contribution < 1.29 is 9.59 Å². The summed E-state index contributed by atoms with van der Waals surface area (Å²) in [7, 11) is 0. The van der Waals surface area contributed by atoms with Gasteiger partial charge in [-0.25, -0.2) is 9.97 Å². The maximum Gasteiger partial charge on any atom is 0.225 e. The van der Waals surface area contributed by atoms with Gasteiger partial charge in [0.25, 0.3) is 0 Å². The minimum Gasteiger partial charge on any atom is -0.353 e. The first-order valence-corrected chi connectivity index (χ1v) is 10.9. The predicted molar refractivity (Wildman–Crippen MR) is 107 cm³/mol. The fourth-order valence-corrected chi connectivity index (χ4v) is 4.80. The van der Waals surface area contributed by atoms with Crippen LogP contribution in [0.4, 0.5) is 0 Å². The lowest BCUT2D eigenvalue weighted by atomic mass is 9.84. The predicted octanol–water partition coefficient (Wildman–Crippen LogP) is 2.81. The molecule has 4 rings (SSSR count). The Morgan fingerprint density at radius 2 is 1.68 bits per heavy atom. The zero-order valence-electron chi connectivity index (χ0n) is 17.2. The van der Waals surface area contributed by atoms with Gasteiger partial charge in [-0.05, 0) is 46.0 Å². The van der Waals surface area contributed by atoms with Crippen LogP contribution < -0.4 is 5.32 Å². The lowest BCUT2D eigenvalue weighted by Crippen LogP contribution is -2.37. The van der Waals surface area contributed by atoms with E-state index < -0.39 is 0 Å². The van der Waals surface area contributed by atoms with Gasteiger partial charge in [0.15, 0.2) is 0 Å².